The highest BCUT2D eigenvalue weighted by Crippen LogP contribution is 2.36. The van der Waals surface area contributed by atoms with Gasteiger partial charge in [0.25, 0.3) is 5.56 Å². The van der Waals surface area contributed by atoms with E-state index in [1.54, 1.807) is 56.3 Å². The first-order valence-corrected chi connectivity index (χ1v) is 15.0. The zero-order chi connectivity index (χ0) is 30.7. The molecule has 0 saturated heterocycles. The molecule has 0 amide bonds. The lowest BCUT2D eigenvalue weighted by molar-refractivity contribution is -0.139. The lowest BCUT2D eigenvalue weighted by atomic mass is 9.95. The highest BCUT2D eigenvalue weighted by atomic mass is 35.5. The van der Waals surface area contributed by atoms with Crippen molar-refractivity contribution in [2.24, 2.45) is 4.99 Å². The fraction of sp³-hybridized carbons (Fsp3) is 0.242. The van der Waals surface area contributed by atoms with Crippen molar-refractivity contribution in [3.05, 3.63) is 125 Å². The van der Waals surface area contributed by atoms with Crippen molar-refractivity contribution in [1.82, 2.24) is 4.57 Å². The molecule has 0 aliphatic carbocycles. The Hall–Kier alpha value is -4.21. The van der Waals surface area contributed by atoms with Crippen molar-refractivity contribution in [1.29, 1.82) is 0 Å². The summed E-state index contributed by atoms with van der Waals surface area (Å²) in [6, 6.07) is 17.9. The van der Waals surface area contributed by atoms with E-state index in [0.717, 1.165) is 0 Å². The van der Waals surface area contributed by atoms with Gasteiger partial charge < -0.3 is 14.2 Å². The lowest BCUT2D eigenvalue weighted by Gasteiger charge is -2.26. The minimum absolute atomic E-state index is 0.00880. The van der Waals surface area contributed by atoms with Crippen LogP contribution in [0.5, 0.6) is 11.5 Å². The van der Waals surface area contributed by atoms with Crippen molar-refractivity contribution in [2.45, 2.75) is 46.4 Å². The third kappa shape index (κ3) is 6.43. The Bertz CT molecular complexity index is 1900. The number of rotatable bonds is 9. The summed E-state index contributed by atoms with van der Waals surface area (Å²) in [7, 11) is 0. The molecule has 1 atom stereocenters. The molecule has 4 aromatic rings. The fourth-order valence-corrected chi connectivity index (χ4v) is 6.05. The summed E-state index contributed by atoms with van der Waals surface area (Å²) in [6.45, 7) is 7.43. The summed E-state index contributed by atoms with van der Waals surface area (Å²) in [5, 5.41) is 0.440. The Balaban J connectivity index is 1.66. The Morgan fingerprint density at radius 1 is 1.12 bits per heavy atom. The Labute approximate surface area is 257 Å². The lowest BCUT2D eigenvalue weighted by Crippen LogP contribution is -2.40. The molecule has 1 aliphatic heterocycles. The maximum atomic E-state index is 14.2. The Kier molecular flexibility index (Phi) is 9.13. The number of halogens is 2. The van der Waals surface area contributed by atoms with E-state index in [2.05, 4.69) is 4.99 Å². The summed E-state index contributed by atoms with van der Waals surface area (Å²) in [5.41, 5.74) is 1.92. The first-order chi connectivity index (χ1) is 20.7. The zero-order valence-corrected chi connectivity index (χ0v) is 25.7. The van der Waals surface area contributed by atoms with E-state index in [0.29, 0.717) is 48.2 Å². The standard InChI is InChI=1S/C33H30ClFN2O5S/c1-5-40-32(39)29-20(4)36-33-37(30(29)24-11-7-9-13-27(24)42-19(2)3)31(38)28(43-33)17-22-16-23(34)14-15-26(22)41-18-21-10-6-8-12-25(21)35/h6-17,19,30H,5,18H2,1-4H3/b28-17-/t30-/m0/s1. The minimum atomic E-state index is -0.830. The van der Waals surface area contributed by atoms with Crippen molar-refractivity contribution in [3.8, 4) is 11.5 Å². The molecule has 1 aromatic heterocycles. The number of para-hydroxylation sites is 1. The van der Waals surface area contributed by atoms with Crippen LogP contribution in [0.2, 0.25) is 5.02 Å². The second-order valence-corrected chi connectivity index (χ2v) is 11.5. The summed E-state index contributed by atoms with van der Waals surface area (Å²) in [5.74, 6) is 0.0447. The molecule has 2 heterocycles. The molecule has 0 radical (unpaired) electrons. The topological polar surface area (TPSA) is 79.1 Å². The largest absolute Gasteiger partial charge is 0.491 e. The third-order valence-electron chi connectivity index (χ3n) is 6.69. The van der Waals surface area contributed by atoms with Gasteiger partial charge in [0.1, 0.15) is 30.0 Å². The molecular formula is C33H30ClFN2O5S. The number of hydrogen-bond acceptors (Lipinski definition) is 7. The number of thiazole rings is 1. The molecule has 0 saturated carbocycles. The van der Waals surface area contributed by atoms with E-state index in [-0.39, 0.29) is 36.3 Å². The van der Waals surface area contributed by atoms with E-state index >= 15 is 0 Å². The van der Waals surface area contributed by atoms with Gasteiger partial charge in [0, 0.05) is 21.7 Å². The molecule has 43 heavy (non-hydrogen) atoms. The number of hydrogen-bond donors (Lipinski definition) is 0. The van der Waals surface area contributed by atoms with Crippen LogP contribution in [0, 0.1) is 5.82 Å². The third-order valence-corrected chi connectivity index (χ3v) is 7.91. The van der Waals surface area contributed by atoms with Crippen LogP contribution in [0.25, 0.3) is 6.08 Å². The first kappa shape index (κ1) is 30.3. The van der Waals surface area contributed by atoms with E-state index in [1.165, 1.54) is 22.0 Å². The SMILES string of the molecule is CCOC(=O)C1=C(C)N=c2s/c(=C\c3cc(Cl)ccc3OCc3ccccc3F)c(=O)n2[C@H]1c1ccccc1OC(C)C. The molecule has 0 bridgehead atoms. The highest BCUT2D eigenvalue weighted by Gasteiger charge is 2.35. The number of benzene rings is 3. The van der Waals surface area contributed by atoms with Crippen LogP contribution in [-0.4, -0.2) is 23.2 Å². The van der Waals surface area contributed by atoms with Crippen LogP contribution >= 0.6 is 22.9 Å². The van der Waals surface area contributed by atoms with Crippen LogP contribution in [0.1, 0.15) is 50.4 Å². The van der Waals surface area contributed by atoms with Gasteiger partial charge in [0.15, 0.2) is 4.80 Å². The van der Waals surface area contributed by atoms with E-state index in [1.807, 2.05) is 38.1 Å². The highest BCUT2D eigenvalue weighted by molar-refractivity contribution is 7.07. The molecule has 7 nitrogen and oxygen atoms in total. The van der Waals surface area contributed by atoms with Gasteiger partial charge in [-0.05, 0) is 64.1 Å². The second-order valence-electron chi connectivity index (χ2n) is 10.1. The summed E-state index contributed by atoms with van der Waals surface area (Å²) in [4.78, 5) is 32.5. The molecule has 222 valence electrons. The number of nitrogens with zero attached hydrogens (tertiary/aromatic N) is 2. The van der Waals surface area contributed by atoms with Crippen LogP contribution < -0.4 is 24.4 Å². The minimum Gasteiger partial charge on any atom is -0.491 e. The zero-order valence-electron chi connectivity index (χ0n) is 24.1. The molecule has 3 aromatic carbocycles. The number of fused-ring (bicyclic) bond motifs is 1. The molecule has 0 unspecified atom stereocenters. The number of carbonyl (C=O) groups excluding carboxylic acids is 1. The molecule has 10 heteroatoms. The van der Waals surface area contributed by atoms with Crippen molar-refractivity contribution in [3.63, 3.8) is 0 Å². The average molecular weight is 621 g/mol. The van der Waals surface area contributed by atoms with Gasteiger partial charge in [-0.2, -0.15) is 0 Å². The van der Waals surface area contributed by atoms with E-state index < -0.39 is 12.0 Å². The smallest absolute Gasteiger partial charge is 0.338 e. The monoisotopic (exact) mass is 620 g/mol. The molecular weight excluding hydrogens is 591 g/mol. The number of ether oxygens (including phenoxy) is 3. The summed E-state index contributed by atoms with van der Waals surface area (Å²) in [6.07, 6.45) is 1.53. The normalized spacial score (nSPS) is 14.9. The van der Waals surface area contributed by atoms with Crippen LogP contribution in [0.15, 0.2) is 87.8 Å². The van der Waals surface area contributed by atoms with Crippen LogP contribution in [0.3, 0.4) is 0 Å². The predicted octanol–water partition coefficient (Wildman–Crippen LogP) is 5.96. The number of carbonyl (C=O) groups is 1. The van der Waals surface area contributed by atoms with E-state index in [9.17, 15) is 14.0 Å². The van der Waals surface area contributed by atoms with Crippen molar-refractivity contribution >= 4 is 35.0 Å². The Morgan fingerprint density at radius 2 is 1.86 bits per heavy atom. The molecule has 0 N–H and O–H groups in total. The Morgan fingerprint density at radius 3 is 2.60 bits per heavy atom. The van der Waals surface area contributed by atoms with Gasteiger partial charge in [-0.1, -0.05) is 59.3 Å². The quantitative estimate of drug-likeness (QED) is 0.216. The van der Waals surface area contributed by atoms with Crippen molar-refractivity contribution in [2.75, 3.05) is 6.61 Å². The van der Waals surface area contributed by atoms with Gasteiger partial charge in [-0.3, -0.25) is 9.36 Å². The fourth-order valence-electron chi connectivity index (χ4n) is 4.83. The maximum absolute atomic E-state index is 14.2. The molecule has 0 spiro atoms. The molecule has 5 rings (SSSR count). The summed E-state index contributed by atoms with van der Waals surface area (Å²) >= 11 is 7.50. The second kappa shape index (κ2) is 13.0. The molecule has 1 aliphatic rings. The number of aromatic nitrogens is 1. The van der Waals surface area contributed by atoms with Crippen LogP contribution in [-0.2, 0) is 16.1 Å². The van der Waals surface area contributed by atoms with Gasteiger partial charge in [-0.25, -0.2) is 14.2 Å². The first-order valence-electron chi connectivity index (χ1n) is 13.8. The van der Waals surface area contributed by atoms with Gasteiger partial charge in [0.2, 0.25) is 0 Å². The average Bonchev–Trinajstić information content (AvgIpc) is 3.26. The van der Waals surface area contributed by atoms with E-state index in [4.69, 9.17) is 25.8 Å². The molecule has 0 fully saturated rings. The number of allylic oxidation sites excluding steroid dienone is 1. The van der Waals surface area contributed by atoms with Gasteiger partial charge >= 0.3 is 5.97 Å². The van der Waals surface area contributed by atoms with Gasteiger partial charge in [-0.15, -0.1) is 0 Å². The van der Waals surface area contributed by atoms with Gasteiger partial charge in [0.05, 0.1) is 28.5 Å². The summed E-state index contributed by atoms with van der Waals surface area (Å²) < 4.78 is 33.5. The van der Waals surface area contributed by atoms with Crippen LogP contribution in [0.4, 0.5) is 4.39 Å². The van der Waals surface area contributed by atoms with Crippen molar-refractivity contribution < 1.29 is 23.4 Å². The maximum Gasteiger partial charge on any atom is 0.338 e. The predicted molar refractivity (Wildman–Crippen MR) is 165 cm³/mol. The number of esters is 1.